The van der Waals surface area contributed by atoms with E-state index in [0.29, 0.717) is 0 Å². The van der Waals surface area contributed by atoms with Crippen LogP contribution in [0.4, 0.5) is 0 Å². The second-order valence-electron chi connectivity index (χ2n) is 11.9. The minimum absolute atomic E-state index is 0.199. The highest BCUT2D eigenvalue weighted by atomic mass is 16.7. The van der Waals surface area contributed by atoms with E-state index in [4.69, 9.17) is 14.0 Å². The van der Waals surface area contributed by atoms with Crippen molar-refractivity contribution >= 4 is 7.32 Å². The van der Waals surface area contributed by atoms with Crippen LogP contribution in [-0.4, -0.2) is 7.32 Å². The van der Waals surface area contributed by atoms with Crippen LogP contribution in [0.3, 0.4) is 0 Å². The highest BCUT2D eigenvalue weighted by Crippen LogP contribution is 2.53. The van der Waals surface area contributed by atoms with E-state index in [9.17, 15) is 0 Å². The molecule has 0 radical (unpaired) electrons. The standard InChI is InChI=1S/C40H31BO3/c1-25-10-4-13-28(22-25)31-16-7-19-34-37-35-20-8-17-32(29-14-5-11-26(2)23-29)39(35)43-41(42-38(31)34)44-40-33(18-9-21-36(37)40)30-15-6-12-27(3)24-30/h4-24,37H,1-3H3. The summed E-state index contributed by atoms with van der Waals surface area (Å²) in [6, 6.07) is 45.0. The molecule has 0 aliphatic carbocycles. The van der Waals surface area contributed by atoms with E-state index in [1.165, 1.54) is 16.7 Å². The van der Waals surface area contributed by atoms with E-state index in [1.807, 2.05) is 0 Å². The number of rotatable bonds is 3. The fourth-order valence-corrected chi connectivity index (χ4v) is 6.72. The second kappa shape index (κ2) is 10.5. The lowest BCUT2D eigenvalue weighted by molar-refractivity contribution is 0.294. The summed E-state index contributed by atoms with van der Waals surface area (Å²) in [7, 11) is -1.02. The van der Waals surface area contributed by atoms with Crippen molar-refractivity contribution < 1.29 is 14.0 Å². The van der Waals surface area contributed by atoms with Crippen molar-refractivity contribution in [3.05, 3.63) is 161 Å². The summed E-state index contributed by atoms with van der Waals surface area (Å²) in [5.74, 6) is 2.15. The first kappa shape index (κ1) is 26.4. The van der Waals surface area contributed by atoms with Crippen LogP contribution in [0.15, 0.2) is 127 Å². The molecule has 3 heterocycles. The predicted molar refractivity (Wildman–Crippen MR) is 178 cm³/mol. The van der Waals surface area contributed by atoms with Gasteiger partial charge in [-0.15, -0.1) is 0 Å². The maximum absolute atomic E-state index is 6.83. The molecule has 3 aliphatic rings. The quantitative estimate of drug-likeness (QED) is 0.198. The monoisotopic (exact) mass is 570 g/mol. The summed E-state index contributed by atoms with van der Waals surface area (Å²) in [5, 5.41) is 0. The Hall–Kier alpha value is -5.22. The highest BCUT2D eigenvalue weighted by Gasteiger charge is 2.43. The van der Waals surface area contributed by atoms with E-state index in [-0.39, 0.29) is 5.92 Å². The van der Waals surface area contributed by atoms with Crippen LogP contribution in [0.2, 0.25) is 0 Å². The van der Waals surface area contributed by atoms with Crippen molar-refractivity contribution in [2.75, 3.05) is 0 Å². The number of benzene rings is 6. The Morgan fingerprint density at radius 1 is 0.409 bits per heavy atom. The van der Waals surface area contributed by atoms with Gasteiger partial charge >= 0.3 is 7.32 Å². The van der Waals surface area contributed by atoms with Crippen molar-refractivity contribution in [1.29, 1.82) is 0 Å². The van der Waals surface area contributed by atoms with Gasteiger partial charge in [-0.25, -0.2) is 0 Å². The molecule has 6 aromatic rings. The van der Waals surface area contributed by atoms with Crippen LogP contribution in [0.5, 0.6) is 17.2 Å². The van der Waals surface area contributed by atoms with E-state index >= 15 is 0 Å². The van der Waals surface area contributed by atoms with Crippen LogP contribution >= 0.6 is 0 Å². The molecule has 0 fully saturated rings. The van der Waals surface area contributed by atoms with Gasteiger partial charge < -0.3 is 14.0 Å². The molecule has 0 amide bonds. The first-order valence-corrected chi connectivity index (χ1v) is 15.1. The maximum Gasteiger partial charge on any atom is 0.864 e. The zero-order valence-electron chi connectivity index (χ0n) is 25.0. The van der Waals surface area contributed by atoms with Gasteiger partial charge in [-0.2, -0.15) is 0 Å². The minimum Gasteiger partial charge on any atom is -0.489 e. The molecule has 0 saturated heterocycles. The van der Waals surface area contributed by atoms with E-state index in [2.05, 4.69) is 148 Å². The molecular formula is C40H31BO3. The molecule has 4 heteroatoms. The zero-order valence-corrected chi connectivity index (χ0v) is 25.0. The molecule has 44 heavy (non-hydrogen) atoms. The van der Waals surface area contributed by atoms with Crippen LogP contribution in [-0.2, 0) is 0 Å². The predicted octanol–water partition coefficient (Wildman–Crippen LogP) is 9.94. The molecule has 212 valence electrons. The SMILES string of the molecule is Cc1cccc(-c2cccc3c2OB2Oc4c(-c5cccc(C)c5)cccc4C3c3cccc(-c4cccc(C)c4)c3O2)c1. The lowest BCUT2D eigenvalue weighted by Crippen LogP contribution is -2.41. The summed E-state index contributed by atoms with van der Waals surface area (Å²) in [6.07, 6.45) is 0. The van der Waals surface area contributed by atoms with Gasteiger partial charge in [-0.3, -0.25) is 0 Å². The van der Waals surface area contributed by atoms with Crippen LogP contribution in [0.1, 0.15) is 39.3 Å². The Morgan fingerprint density at radius 3 is 1.05 bits per heavy atom. The molecule has 0 aromatic heterocycles. The lowest BCUT2D eigenvalue weighted by atomic mass is 9.78. The molecule has 9 rings (SSSR count). The summed E-state index contributed by atoms with van der Waals surface area (Å²) >= 11 is 0. The Balaban J connectivity index is 1.43. The third-order valence-corrected chi connectivity index (χ3v) is 8.70. The van der Waals surface area contributed by atoms with Crippen LogP contribution in [0.25, 0.3) is 33.4 Å². The molecule has 0 atom stereocenters. The topological polar surface area (TPSA) is 27.7 Å². The minimum atomic E-state index is -1.02. The van der Waals surface area contributed by atoms with Gasteiger partial charge in [0.15, 0.2) is 0 Å². The van der Waals surface area contributed by atoms with E-state index in [0.717, 1.165) is 67.3 Å². The van der Waals surface area contributed by atoms with Gasteiger partial charge in [0.1, 0.15) is 17.2 Å². The Morgan fingerprint density at radius 2 is 0.727 bits per heavy atom. The smallest absolute Gasteiger partial charge is 0.489 e. The zero-order chi connectivity index (χ0) is 29.8. The number of hydrogen-bond acceptors (Lipinski definition) is 3. The van der Waals surface area contributed by atoms with Gasteiger partial charge in [0.05, 0.1) is 0 Å². The van der Waals surface area contributed by atoms with Crippen molar-refractivity contribution in [2.45, 2.75) is 26.7 Å². The largest absolute Gasteiger partial charge is 0.864 e. The summed E-state index contributed by atoms with van der Waals surface area (Å²) in [5.41, 5.74) is 13.2. The normalized spacial score (nSPS) is 13.3. The van der Waals surface area contributed by atoms with E-state index < -0.39 is 7.32 Å². The van der Waals surface area contributed by atoms with E-state index in [1.54, 1.807) is 0 Å². The average Bonchev–Trinajstić information content (AvgIpc) is 3.00. The Labute approximate surface area is 258 Å². The maximum atomic E-state index is 6.83. The molecular weight excluding hydrogens is 539 g/mol. The molecule has 0 unspecified atom stereocenters. The van der Waals surface area contributed by atoms with Crippen LogP contribution in [0, 0.1) is 20.8 Å². The van der Waals surface area contributed by atoms with Gasteiger partial charge in [-0.05, 0) is 37.5 Å². The van der Waals surface area contributed by atoms with Crippen molar-refractivity contribution in [1.82, 2.24) is 0 Å². The van der Waals surface area contributed by atoms with Crippen LogP contribution < -0.4 is 14.0 Å². The van der Waals surface area contributed by atoms with Crippen molar-refractivity contribution in [3.8, 4) is 50.6 Å². The van der Waals surface area contributed by atoms with Crippen molar-refractivity contribution in [3.63, 3.8) is 0 Å². The van der Waals surface area contributed by atoms with Gasteiger partial charge in [0.2, 0.25) is 0 Å². The highest BCUT2D eigenvalue weighted by molar-refractivity contribution is 6.40. The summed E-state index contributed by atoms with van der Waals surface area (Å²) in [4.78, 5) is 0. The molecule has 3 nitrogen and oxygen atoms in total. The fraction of sp³-hybridized carbons (Fsp3) is 0.100. The third kappa shape index (κ3) is 4.46. The number of hydrogen-bond donors (Lipinski definition) is 0. The molecule has 6 aromatic carbocycles. The average molecular weight is 570 g/mol. The second-order valence-corrected chi connectivity index (χ2v) is 11.9. The lowest BCUT2D eigenvalue weighted by Gasteiger charge is -2.35. The molecule has 2 bridgehead atoms. The first-order chi connectivity index (χ1) is 21.5. The molecule has 0 N–H and O–H groups in total. The van der Waals surface area contributed by atoms with Gasteiger partial charge in [0, 0.05) is 39.3 Å². The fourth-order valence-electron chi connectivity index (χ4n) is 6.72. The van der Waals surface area contributed by atoms with Crippen molar-refractivity contribution in [2.24, 2.45) is 0 Å². The van der Waals surface area contributed by atoms with Gasteiger partial charge in [-0.1, -0.05) is 144 Å². The third-order valence-electron chi connectivity index (χ3n) is 8.70. The molecule has 3 aliphatic heterocycles. The number of aryl methyl sites for hydroxylation is 3. The molecule has 0 saturated carbocycles. The first-order valence-electron chi connectivity index (χ1n) is 15.1. The molecule has 0 spiro atoms. The number of para-hydroxylation sites is 3. The van der Waals surface area contributed by atoms with Gasteiger partial charge in [0.25, 0.3) is 0 Å². The Bertz CT molecular complexity index is 1830. The Kier molecular flexibility index (Phi) is 6.30. The summed E-state index contributed by atoms with van der Waals surface area (Å²) < 4.78 is 20.5. The summed E-state index contributed by atoms with van der Waals surface area (Å²) in [6.45, 7) is 6.35.